The fraction of sp³-hybridized carbons (Fsp3) is 0.0769. The maximum atomic E-state index is 14.1. The molecule has 0 unspecified atom stereocenters. The zero-order valence-corrected chi connectivity index (χ0v) is 18.7. The molecule has 172 valence electrons. The van der Waals surface area contributed by atoms with Gasteiger partial charge in [-0.25, -0.2) is 19.0 Å². The highest BCUT2D eigenvalue weighted by atomic mass is 19.1. The number of rotatable bonds is 4. The van der Waals surface area contributed by atoms with Crippen LogP contribution in [-0.4, -0.2) is 34.2 Å². The number of halogens is 1. The van der Waals surface area contributed by atoms with E-state index in [-0.39, 0.29) is 17.6 Å². The summed E-state index contributed by atoms with van der Waals surface area (Å²) in [6.45, 7) is 2.02. The number of hydrogen-bond donors (Lipinski definition) is 2. The van der Waals surface area contributed by atoms with Crippen molar-refractivity contribution in [1.82, 2.24) is 29.1 Å². The number of phenolic OH excluding ortho intramolecular Hbond substituents is 1. The summed E-state index contributed by atoms with van der Waals surface area (Å²) in [7, 11) is 0. The third-order valence-corrected chi connectivity index (χ3v) is 6.15. The lowest BCUT2D eigenvalue weighted by Gasteiger charge is -2.15. The van der Waals surface area contributed by atoms with Crippen LogP contribution in [-0.2, 0) is 0 Å². The second kappa shape index (κ2) is 7.91. The van der Waals surface area contributed by atoms with Crippen LogP contribution in [0.2, 0.25) is 0 Å². The van der Waals surface area contributed by atoms with Gasteiger partial charge in [-0.05, 0) is 49.4 Å². The molecule has 0 aliphatic carbocycles. The number of phenols is 1. The maximum Gasteiger partial charge on any atom is 0.164 e. The van der Waals surface area contributed by atoms with Gasteiger partial charge in [0.1, 0.15) is 29.4 Å². The van der Waals surface area contributed by atoms with E-state index in [0.29, 0.717) is 22.3 Å². The van der Waals surface area contributed by atoms with E-state index < -0.39 is 5.82 Å². The van der Waals surface area contributed by atoms with E-state index in [2.05, 4.69) is 25.4 Å². The summed E-state index contributed by atoms with van der Waals surface area (Å²) in [6.07, 6.45) is 6.93. The average Bonchev–Trinajstić information content (AvgIpc) is 3.44. The first-order valence-electron chi connectivity index (χ1n) is 11.0. The van der Waals surface area contributed by atoms with E-state index in [9.17, 15) is 9.50 Å². The molecule has 3 N–H and O–H groups in total. The molecule has 8 nitrogen and oxygen atoms in total. The molecule has 6 aromatic rings. The van der Waals surface area contributed by atoms with Gasteiger partial charge in [-0.2, -0.15) is 5.10 Å². The largest absolute Gasteiger partial charge is 0.508 e. The van der Waals surface area contributed by atoms with E-state index >= 15 is 0 Å². The van der Waals surface area contributed by atoms with Crippen molar-refractivity contribution in [3.05, 3.63) is 90.9 Å². The number of nitrogens with zero attached hydrogens (tertiary/aromatic N) is 6. The highest BCUT2D eigenvalue weighted by Gasteiger charge is 2.25. The van der Waals surface area contributed by atoms with Crippen molar-refractivity contribution < 1.29 is 9.50 Å². The van der Waals surface area contributed by atoms with Crippen molar-refractivity contribution >= 4 is 22.4 Å². The van der Waals surface area contributed by atoms with Crippen LogP contribution in [0.5, 0.6) is 5.75 Å². The summed E-state index contributed by atoms with van der Waals surface area (Å²) in [5, 5.41) is 15.3. The molecule has 6 rings (SSSR count). The summed E-state index contributed by atoms with van der Waals surface area (Å²) in [5.74, 6) is -0.557. The fourth-order valence-corrected chi connectivity index (χ4v) is 4.59. The Hall–Kier alpha value is -4.79. The van der Waals surface area contributed by atoms with Gasteiger partial charge in [0.2, 0.25) is 0 Å². The van der Waals surface area contributed by atoms with E-state index in [1.54, 1.807) is 17.1 Å². The van der Waals surface area contributed by atoms with Crippen molar-refractivity contribution in [2.45, 2.75) is 13.0 Å². The molecule has 0 spiro atoms. The first-order chi connectivity index (χ1) is 17.0. The van der Waals surface area contributed by atoms with Crippen molar-refractivity contribution in [3.63, 3.8) is 0 Å². The minimum absolute atomic E-state index is 0.204. The standard InChI is InChI=1S/C26H20FN7O/c1-15(21-13-19-4-2-3-9-33(19)24(21)16-5-7-29-8-6-16)34-26-22(25(28)30-14-31-26)23(32-34)17-10-18(27)12-20(35)11-17/h2-15,35H,1H3,(H2,28,30,31)/t15-/m0/s1. The summed E-state index contributed by atoms with van der Waals surface area (Å²) in [5.41, 5.74) is 11.6. The SMILES string of the molecule is C[C@@H](c1cc2ccccn2c1-c1ccncc1)n1nc(-c2cc(O)cc(F)c2)c2c(N)ncnc21. The monoisotopic (exact) mass is 465 g/mol. The van der Waals surface area contributed by atoms with E-state index in [0.717, 1.165) is 28.4 Å². The number of aromatic nitrogens is 6. The number of nitrogen functional groups attached to an aromatic ring is 1. The van der Waals surface area contributed by atoms with Gasteiger partial charge in [0.25, 0.3) is 0 Å². The lowest BCUT2D eigenvalue weighted by atomic mass is 10.0. The van der Waals surface area contributed by atoms with Crippen LogP contribution in [0.3, 0.4) is 0 Å². The van der Waals surface area contributed by atoms with E-state index in [4.69, 9.17) is 10.8 Å². The molecule has 5 aromatic heterocycles. The highest BCUT2D eigenvalue weighted by molar-refractivity contribution is 5.98. The third-order valence-electron chi connectivity index (χ3n) is 6.15. The average molecular weight is 465 g/mol. The third kappa shape index (κ3) is 3.36. The second-order valence-electron chi connectivity index (χ2n) is 8.30. The Labute approximate surface area is 199 Å². The molecule has 0 amide bonds. The van der Waals surface area contributed by atoms with Crippen molar-refractivity contribution in [3.8, 4) is 28.3 Å². The van der Waals surface area contributed by atoms with Gasteiger partial charge in [0, 0.05) is 46.9 Å². The Morgan fingerprint density at radius 3 is 2.63 bits per heavy atom. The molecule has 0 aliphatic rings. The van der Waals surface area contributed by atoms with Crippen LogP contribution in [0.4, 0.5) is 10.2 Å². The summed E-state index contributed by atoms with van der Waals surface area (Å²) >= 11 is 0. The molecule has 1 aromatic carbocycles. The molecule has 0 radical (unpaired) electrons. The maximum absolute atomic E-state index is 14.1. The second-order valence-corrected chi connectivity index (χ2v) is 8.30. The smallest absolute Gasteiger partial charge is 0.164 e. The minimum atomic E-state index is -0.579. The Morgan fingerprint density at radius 1 is 1.00 bits per heavy atom. The van der Waals surface area contributed by atoms with Crippen LogP contribution in [0, 0.1) is 5.82 Å². The number of pyridine rings is 2. The van der Waals surface area contributed by atoms with Crippen molar-refractivity contribution in [2.75, 3.05) is 5.73 Å². The zero-order valence-electron chi connectivity index (χ0n) is 18.7. The lowest BCUT2D eigenvalue weighted by Crippen LogP contribution is -2.10. The predicted molar refractivity (Wildman–Crippen MR) is 131 cm³/mol. The summed E-state index contributed by atoms with van der Waals surface area (Å²) < 4.78 is 18.0. The quantitative estimate of drug-likeness (QED) is 0.386. The molecule has 5 heterocycles. The zero-order chi connectivity index (χ0) is 24.1. The Morgan fingerprint density at radius 2 is 1.83 bits per heavy atom. The molecule has 0 saturated heterocycles. The lowest BCUT2D eigenvalue weighted by molar-refractivity contribution is 0.469. The molecule has 0 aliphatic heterocycles. The molecule has 35 heavy (non-hydrogen) atoms. The predicted octanol–water partition coefficient (Wildman–Crippen LogP) is 4.84. The van der Waals surface area contributed by atoms with Gasteiger partial charge in [0.05, 0.1) is 17.1 Å². The Bertz CT molecular complexity index is 1690. The Balaban J connectivity index is 1.61. The number of benzene rings is 1. The number of fused-ring (bicyclic) bond motifs is 2. The summed E-state index contributed by atoms with van der Waals surface area (Å²) in [4.78, 5) is 12.8. The van der Waals surface area contributed by atoms with Crippen LogP contribution < -0.4 is 5.73 Å². The normalized spacial score (nSPS) is 12.4. The first-order valence-corrected chi connectivity index (χ1v) is 11.0. The molecular weight excluding hydrogens is 445 g/mol. The fourth-order valence-electron chi connectivity index (χ4n) is 4.59. The van der Waals surface area contributed by atoms with Gasteiger partial charge in [0.15, 0.2) is 5.65 Å². The number of hydrogen-bond acceptors (Lipinski definition) is 6. The van der Waals surface area contributed by atoms with Gasteiger partial charge in [-0.15, -0.1) is 0 Å². The number of nitrogens with two attached hydrogens (primary N) is 1. The molecule has 0 saturated carbocycles. The van der Waals surface area contributed by atoms with Crippen LogP contribution in [0.1, 0.15) is 18.5 Å². The molecule has 0 fully saturated rings. The van der Waals surface area contributed by atoms with Crippen LogP contribution in [0.25, 0.3) is 39.1 Å². The molecule has 1 atom stereocenters. The van der Waals surface area contributed by atoms with Gasteiger partial charge in [-0.1, -0.05) is 6.07 Å². The highest BCUT2D eigenvalue weighted by Crippen LogP contribution is 2.38. The molecule has 9 heteroatoms. The number of anilines is 1. The van der Waals surface area contributed by atoms with Gasteiger partial charge in [-0.3, -0.25) is 4.98 Å². The van der Waals surface area contributed by atoms with Gasteiger partial charge < -0.3 is 15.2 Å². The molecular formula is C26H20FN7O. The first kappa shape index (κ1) is 20.8. The van der Waals surface area contributed by atoms with Crippen LogP contribution >= 0.6 is 0 Å². The van der Waals surface area contributed by atoms with Gasteiger partial charge >= 0.3 is 0 Å². The minimum Gasteiger partial charge on any atom is -0.508 e. The van der Waals surface area contributed by atoms with E-state index in [1.165, 1.54) is 18.5 Å². The molecule has 0 bridgehead atoms. The van der Waals surface area contributed by atoms with Crippen molar-refractivity contribution in [2.24, 2.45) is 0 Å². The summed E-state index contributed by atoms with van der Waals surface area (Å²) in [6, 6.07) is 15.6. The van der Waals surface area contributed by atoms with E-state index in [1.807, 2.05) is 43.5 Å². The Kier molecular flexibility index (Phi) is 4.70. The van der Waals surface area contributed by atoms with Crippen molar-refractivity contribution in [1.29, 1.82) is 0 Å². The van der Waals surface area contributed by atoms with Crippen LogP contribution in [0.15, 0.2) is 79.5 Å². The number of aromatic hydroxyl groups is 1. The topological polar surface area (TPSA) is 107 Å².